The maximum absolute atomic E-state index is 12.8. The van der Waals surface area contributed by atoms with Crippen molar-refractivity contribution in [1.82, 2.24) is 10.3 Å². The summed E-state index contributed by atoms with van der Waals surface area (Å²) in [5.74, 6) is 0.742. The Labute approximate surface area is 163 Å². The molecule has 0 saturated heterocycles. The van der Waals surface area contributed by atoms with Crippen molar-refractivity contribution in [3.8, 4) is 5.75 Å². The molecule has 136 valence electrons. The number of fused-ring (bicyclic) bond motifs is 1. The molecule has 0 fully saturated rings. The highest BCUT2D eigenvalue weighted by molar-refractivity contribution is 6.29. The van der Waals surface area contributed by atoms with Crippen LogP contribution in [0.3, 0.4) is 0 Å². The molecule has 1 atom stereocenters. The average molecular weight is 379 g/mol. The second kappa shape index (κ2) is 7.80. The lowest BCUT2D eigenvalue weighted by atomic mass is 9.94. The molecule has 5 heteroatoms. The van der Waals surface area contributed by atoms with Gasteiger partial charge in [-0.25, -0.2) is 4.98 Å². The van der Waals surface area contributed by atoms with E-state index in [1.165, 1.54) is 11.8 Å². The Hall–Kier alpha value is -2.85. The second-order valence-corrected chi connectivity index (χ2v) is 6.89. The minimum absolute atomic E-state index is 0.192. The van der Waals surface area contributed by atoms with Gasteiger partial charge in [-0.05, 0) is 53.8 Å². The number of nitrogens with zero attached hydrogens (tertiary/aromatic N) is 1. The number of carbonyl (C=O) groups excluding carboxylic acids is 1. The van der Waals surface area contributed by atoms with Gasteiger partial charge in [-0.3, -0.25) is 4.79 Å². The Bertz CT molecular complexity index is 960. The van der Waals surface area contributed by atoms with Crippen molar-refractivity contribution in [2.75, 3.05) is 6.61 Å². The fraction of sp³-hybridized carbons (Fsp3) is 0.182. The number of benzene rings is 2. The van der Waals surface area contributed by atoms with Crippen molar-refractivity contribution < 1.29 is 9.53 Å². The van der Waals surface area contributed by atoms with Crippen molar-refractivity contribution >= 4 is 17.5 Å². The van der Waals surface area contributed by atoms with E-state index in [0.717, 1.165) is 36.3 Å². The van der Waals surface area contributed by atoms with Crippen LogP contribution in [-0.2, 0) is 6.42 Å². The average Bonchev–Trinajstić information content (AvgIpc) is 2.72. The highest BCUT2D eigenvalue weighted by atomic mass is 35.5. The molecule has 0 bridgehead atoms. The number of pyridine rings is 1. The van der Waals surface area contributed by atoms with Gasteiger partial charge in [-0.1, -0.05) is 48.0 Å². The van der Waals surface area contributed by atoms with Gasteiger partial charge in [-0.2, -0.15) is 0 Å². The van der Waals surface area contributed by atoms with Crippen molar-refractivity contribution in [3.05, 3.63) is 94.3 Å². The molecule has 4 nitrogen and oxygen atoms in total. The van der Waals surface area contributed by atoms with Crippen molar-refractivity contribution in [1.29, 1.82) is 0 Å². The summed E-state index contributed by atoms with van der Waals surface area (Å²) in [7, 11) is 0. The van der Waals surface area contributed by atoms with E-state index in [0.29, 0.717) is 10.7 Å². The molecule has 4 rings (SSSR count). The third-order valence-electron chi connectivity index (χ3n) is 4.66. The maximum Gasteiger partial charge on any atom is 0.252 e. The van der Waals surface area contributed by atoms with Crippen LogP contribution in [-0.4, -0.2) is 17.5 Å². The molecule has 0 aliphatic carbocycles. The van der Waals surface area contributed by atoms with Crippen LogP contribution in [0.1, 0.15) is 39.5 Å². The lowest BCUT2D eigenvalue weighted by molar-refractivity contribution is 0.0943. The number of halogens is 1. The zero-order chi connectivity index (χ0) is 18.6. The van der Waals surface area contributed by atoms with Gasteiger partial charge < -0.3 is 10.1 Å². The molecular weight excluding hydrogens is 360 g/mol. The Morgan fingerprint density at radius 3 is 2.74 bits per heavy atom. The van der Waals surface area contributed by atoms with E-state index in [2.05, 4.69) is 16.4 Å². The monoisotopic (exact) mass is 378 g/mol. The van der Waals surface area contributed by atoms with Gasteiger partial charge in [-0.15, -0.1) is 0 Å². The van der Waals surface area contributed by atoms with Crippen LogP contribution < -0.4 is 10.1 Å². The lowest BCUT2D eigenvalue weighted by Crippen LogP contribution is -2.29. The molecule has 3 aromatic rings. The van der Waals surface area contributed by atoms with E-state index in [-0.39, 0.29) is 11.9 Å². The second-order valence-electron chi connectivity index (χ2n) is 6.50. The first-order chi connectivity index (χ1) is 13.2. The van der Waals surface area contributed by atoms with Gasteiger partial charge in [0, 0.05) is 11.8 Å². The third kappa shape index (κ3) is 3.96. The van der Waals surface area contributed by atoms with Crippen LogP contribution >= 0.6 is 11.6 Å². The summed E-state index contributed by atoms with van der Waals surface area (Å²) in [4.78, 5) is 16.8. The minimum atomic E-state index is -0.266. The number of carbonyl (C=O) groups is 1. The third-order valence-corrected chi connectivity index (χ3v) is 4.87. The molecule has 0 radical (unpaired) electrons. The summed E-state index contributed by atoms with van der Waals surface area (Å²) in [5, 5.41) is 3.43. The van der Waals surface area contributed by atoms with Crippen LogP contribution in [0.15, 0.2) is 66.9 Å². The standard InChI is InChI=1S/C22H19ClN2O2/c23-20-14-18(10-11-24-20)22(26)25-21(15-5-2-1-3-6-15)17-8-9-19-16(13-17)7-4-12-27-19/h1-3,5-6,8-11,13-14,21H,4,7,12H2,(H,25,26). The van der Waals surface area contributed by atoms with E-state index in [1.807, 2.05) is 42.5 Å². The molecule has 0 saturated carbocycles. The molecule has 1 unspecified atom stereocenters. The number of rotatable bonds is 4. The Morgan fingerprint density at radius 2 is 1.93 bits per heavy atom. The van der Waals surface area contributed by atoms with Crippen LogP contribution in [0.2, 0.25) is 5.15 Å². The van der Waals surface area contributed by atoms with E-state index < -0.39 is 0 Å². The molecule has 1 amide bonds. The Kier molecular flexibility index (Phi) is 5.07. The van der Waals surface area contributed by atoms with Crippen molar-refractivity contribution in [3.63, 3.8) is 0 Å². The van der Waals surface area contributed by atoms with E-state index in [9.17, 15) is 4.79 Å². The fourth-order valence-corrected chi connectivity index (χ4v) is 3.50. The predicted molar refractivity (Wildman–Crippen MR) is 105 cm³/mol. The molecule has 27 heavy (non-hydrogen) atoms. The first-order valence-corrected chi connectivity index (χ1v) is 9.31. The summed E-state index contributed by atoms with van der Waals surface area (Å²) in [6.07, 6.45) is 3.53. The number of ether oxygens (including phenoxy) is 1. The number of hydrogen-bond donors (Lipinski definition) is 1. The molecule has 0 spiro atoms. The minimum Gasteiger partial charge on any atom is -0.493 e. The molecule has 1 aromatic heterocycles. The van der Waals surface area contributed by atoms with Crippen molar-refractivity contribution in [2.24, 2.45) is 0 Å². The molecule has 1 N–H and O–H groups in total. The summed E-state index contributed by atoms with van der Waals surface area (Å²) in [6, 6.07) is 19.0. The number of aromatic nitrogens is 1. The van der Waals surface area contributed by atoms with Gasteiger partial charge in [0.1, 0.15) is 10.9 Å². The number of hydrogen-bond acceptors (Lipinski definition) is 3. The molecule has 2 heterocycles. The van der Waals surface area contributed by atoms with Crippen LogP contribution in [0.25, 0.3) is 0 Å². The quantitative estimate of drug-likeness (QED) is 0.676. The number of amides is 1. The van der Waals surface area contributed by atoms with E-state index >= 15 is 0 Å². The molecule has 1 aliphatic rings. The van der Waals surface area contributed by atoms with E-state index in [4.69, 9.17) is 16.3 Å². The molecule has 2 aromatic carbocycles. The highest BCUT2D eigenvalue weighted by Gasteiger charge is 2.20. The van der Waals surface area contributed by atoms with Gasteiger partial charge in [0.05, 0.1) is 12.6 Å². The number of aryl methyl sites for hydroxylation is 1. The zero-order valence-electron chi connectivity index (χ0n) is 14.7. The zero-order valence-corrected chi connectivity index (χ0v) is 15.4. The van der Waals surface area contributed by atoms with Gasteiger partial charge in [0.25, 0.3) is 5.91 Å². The maximum atomic E-state index is 12.8. The summed E-state index contributed by atoms with van der Waals surface area (Å²) in [6.45, 7) is 0.758. The normalized spacial score (nSPS) is 14.0. The van der Waals surface area contributed by atoms with Gasteiger partial charge in [0.2, 0.25) is 0 Å². The van der Waals surface area contributed by atoms with Crippen molar-refractivity contribution in [2.45, 2.75) is 18.9 Å². The summed E-state index contributed by atoms with van der Waals surface area (Å²) < 4.78 is 5.72. The Morgan fingerprint density at radius 1 is 1.07 bits per heavy atom. The first kappa shape index (κ1) is 17.6. The number of nitrogens with one attached hydrogen (secondary N) is 1. The van der Waals surface area contributed by atoms with Crippen LogP contribution in [0, 0.1) is 0 Å². The summed E-state index contributed by atoms with van der Waals surface area (Å²) in [5.41, 5.74) is 3.71. The molecular formula is C22H19ClN2O2. The topological polar surface area (TPSA) is 51.2 Å². The van der Waals surface area contributed by atoms with E-state index in [1.54, 1.807) is 12.1 Å². The first-order valence-electron chi connectivity index (χ1n) is 8.94. The largest absolute Gasteiger partial charge is 0.493 e. The van der Waals surface area contributed by atoms with Gasteiger partial charge >= 0.3 is 0 Å². The lowest BCUT2D eigenvalue weighted by Gasteiger charge is -2.23. The summed E-state index contributed by atoms with van der Waals surface area (Å²) >= 11 is 5.93. The smallest absolute Gasteiger partial charge is 0.252 e. The Balaban J connectivity index is 1.69. The molecule has 1 aliphatic heterocycles. The van der Waals surface area contributed by atoms with Crippen LogP contribution in [0.5, 0.6) is 5.75 Å². The van der Waals surface area contributed by atoms with Gasteiger partial charge in [0.15, 0.2) is 0 Å². The SMILES string of the molecule is O=C(NC(c1ccccc1)c1ccc2c(c1)CCCO2)c1ccnc(Cl)c1. The van der Waals surface area contributed by atoms with Crippen LogP contribution in [0.4, 0.5) is 0 Å². The fourth-order valence-electron chi connectivity index (χ4n) is 3.32. The predicted octanol–water partition coefficient (Wildman–Crippen LogP) is 4.58. The highest BCUT2D eigenvalue weighted by Crippen LogP contribution is 2.30.